The molecule has 0 aliphatic carbocycles. The van der Waals surface area contributed by atoms with E-state index in [2.05, 4.69) is 15.0 Å². The van der Waals surface area contributed by atoms with Crippen LogP contribution in [0, 0.1) is 0 Å². The second kappa shape index (κ2) is 11.6. The lowest BCUT2D eigenvalue weighted by Gasteiger charge is -2.49. The van der Waals surface area contributed by atoms with Crippen LogP contribution in [-0.2, 0) is 29.3 Å². The van der Waals surface area contributed by atoms with E-state index in [0.717, 1.165) is 16.7 Å². The number of ether oxygens (including phenoxy) is 5. The minimum atomic E-state index is -2.18. The number of benzene rings is 3. The lowest BCUT2D eigenvalue weighted by molar-refractivity contribution is -0.506. The van der Waals surface area contributed by atoms with E-state index < -0.39 is 35.3 Å². The molecule has 3 atom stereocenters. The van der Waals surface area contributed by atoms with E-state index in [1.165, 1.54) is 32.2 Å². The summed E-state index contributed by atoms with van der Waals surface area (Å²) in [5.74, 6) is -4.34. The van der Waals surface area contributed by atoms with Crippen LogP contribution in [-0.4, -0.2) is 63.8 Å². The first-order valence-electron chi connectivity index (χ1n) is 13.9. The van der Waals surface area contributed by atoms with E-state index in [1.54, 1.807) is 0 Å². The first-order chi connectivity index (χ1) is 21.3. The smallest absolute Gasteiger partial charge is 0.344 e. The van der Waals surface area contributed by atoms with Crippen molar-refractivity contribution in [3.05, 3.63) is 124 Å². The van der Waals surface area contributed by atoms with Crippen LogP contribution >= 0.6 is 0 Å². The molecule has 3 aromatic carbocycles. The number of methoxy groups -OCH3 is 3. The van der Waals surface area contributed by atoms with Gasteiger partial charge in [0.15, 0.2) is 11.2 Å². The Balaban J connectivity index is 1.54. The molecular weight excluding hydrogens is 566 g/mol. The van der Waals surface area contributed by atoms with Gasteiger partial charge in [0.05, 0.1) is 6.33 Å². The van der Waals surface area contributed by atoms with Crippen LogP contribution in [0.5, 0.6) is 0 Å². The van der Waals surface area contributed by atoms with Crippen molar-refractivity contribution in [3.63, 3.8) is 0 Å². The second-order valence-electron chi connectivity index (χ2n) is 10.3. The molecule has 0 unspecified atom stereocenters. The molecule has 4 N–H and O–H groups in total. The highest BCUT2D eigenvalue weighted by molar-refractivity contribution is 5.70. The van der Waals surface area contributed by atoms with Gasteiger partial charge in [-0.3, -0.25) is 14.3 Å². The van der Waals surface area contributed by atoms with Crippen LogP contribution in [0.2, 0.25) is 0 Å². The standard InChI is InChI=1S/C32H33N5O7/c1-40-31(24(38)19-25(43-31)37-20-34-26-27(37)35-29(33)36-28(26)39)32(41-2,42-3)44-30(21-13-7-4-8-14-21,22-15-9-5-10-16-22)23-17-11-6-12-18-23/h4-18,20,24-25,38H,19H2,1-3H3,(H3,33,35,36,39)/t24-,25+,31-/m0/s1. The predicted molar refractivity (Wildman–Crippen MR) is 160 cm³/mol. The first kappa shape index (κ1) is 29.6. The van der Waals surface area contributed by atoms with E-state index in [-0.39, 0.29) is 23.5 Å². The third kappa shape index (κ3) is 4.51. The highest BCUT2D eigenvalue weighted by atomic mass is 16.9. The maximum Gasteiger partial charge on any atom is 0.344 e. The van der Waals surface area contributed by atoms with Crippen molar-refractivity contribution in [1.82, 2.24) is 19.5 Å². The Kier molecular flexibility index (Phi) is 7.80. The minimum absolute atomic E-state index is 0.0273. The number of rotatable bonds is 10. The summed E-state index contributed by atoms with van der Waals surface area (Å²) in [4.78, 5) is 23.3. The molecule has 3 heterocycles. The Hall–Kier alpha value is -4.43. The molecular formula is C32H33N5O7. The van der Waals surface area contributed by atoms with Crippen molar-refractivity contribution in [3.8, 4) is 0 Å². The SMILES string of the molecule is COC(OC)(OC(c1ccccc1)(c1ccccc1)c1ccccc1)[C@@]1(OC)O[C@@H](n2cnc3c(=O)[nH]c(N)nc32)C[C@@H]1O. The number of hydrogen-bond acceptors (Lipinski definition) is 10. The van der Waals surface area contributed by atoms with Gasteiger partial charge in [-0.1, -0.05) is 91.0 Å². The van der Waals surface area contributed by atoms with E-state index in [1.807, 2.05) is 91.0 Å². The monoisotopic (exact) mass is 599 g/mol. The Morgan fingerprint density at radius 2 is 1.45 bits per heavy atom. The molecule has 1 aliphatic heterocycles. The average Bonchev–Trinajstić information content (AvgIpc) is 3.65. The highest BCUT2D eigenvalue weighted by Gasteiger charge is 2.69. The third-order valence-corrected chi connectivity index (χ3v) is 8.03. The molecule has 0 saturated carbocycles. The first-order valence-corrected chi connectivity index (χ1v) is 13.9. The zero-order valence-electron chi connectivity index (χ0n) is 24.4. The Bertz CT molecular complexity index is 1680. The fourth-order valence-electron chi connectivity index (χ4n) is 6.00. The molecule has 12 heteroatoms. The molecule has 12 nitrogen and oxygen atoms in total. The molecule has 0 radical (unpaired) electrons. The van der Waals surface area contributed by atoms with Gasteiger partial charge in [-0.2, -0.15) is 4.98 Å². The topological polar surface area (TPSA) is 156 Å². The molecule has 0 amide bonds. The Labute approximate surface area is 253 Å². The molecule has 1 fully saturated rings. The quantitative estimate of drug-likeness (QED) is 0.161. The van der Waals surface area contributed by atoms with Crippen LogP contribution in [0.15, 0.2) is 102 Å². The predicted octanol–water partition coefficient (Wildman–Crippen LogP) is 3.28. The van der Waals surface area contributed by atoms with Gasteiger partial charge in [0.1, 0.15) is 17.9 Å². The zero-order chi connectivity index (χ0) is 31.0. The van der Waals surface area contributed by atoms with Crippen molar-refractivity contribution in [2.24, 2.45) is 0 Å². The number of hydrogen-bond donors (Lipinski definition) is 3. The van der Waals surface area contributed by atoms with Gasteiger partial charge in [-0.15, -0.1) is 0 Å². The largest absolute Gasteiger partial charge is 0.387 e. The van der Waals surface area contributed by atoms with E-state index in [9.17, 15) is 9.90 Å². The van der Waals surface area contributed by atoms with Gasteiger partial charge in [0.25, 0.3) is 11.3 Å². The summed E-state index contributed by atoms with van der Waals surface area (Å²) in [7, 11) is 4.13. The summed E-state index contributed by atoms with van der Waals surface area (Å²) < 4.78 is 33.3. The number of anilines is 1. The maximum atomic E-state index is 12.5. The summed E-state index contributed by atoms with van der Waals surface area (Å²) in [5, 5.41) is 11.8. The second-order valence-corrected chi connectivity index (χ2v) is 10.3. The third-order valence-electron chi connectivity index (χ3n) is 8.03. The van der Waals surface area contributed by atoms with Gasteiger partial charge in [0, 0.05) is 27.8 Å². The van der Waals surface area contributed by atoms with Crippen LogP contribution < -0.4 is 11.3 Å². The number of aliphatic hydroxyl groups is 1. The Morgan fingerprint density at radius 1 is 0.932 bits per heavy atom. The highest BCUT2D eigenvalue weighted by Crippen LogP contribution is 2.52. The fraction of sp³-hybridized carbons (Fsp3) is 0.281. The molecule has 1 saturated heterocycles. The molecule has 0 bridgehead atoms. The van der Waals surface area contributed by atoms with Gasteiger partial charge >= 0.3 is 5.97 Å². The zero-order valence-corrected chi connectivity index (χ0v) is 24.4. The molecule has 6 rings (SSSR count). The van der Waals surface area contributed by atoms with Crippen molar-refractivity contribution in [2.75, 3.05) is 27.1 Å². The van der Waals surface area contributed by atoms with Crippen LogP contribution in [0.1, 0.15) is 29.3 Å². The maximum absolute atomic E-state index is 12.5. The summed E-state index contributed by atoms with van der Waals surface area (Å²) in [6.45, 7) is 0. The summed E-state index contributed by atoms with van der Waals surface area (Å²) in [5.41, 5.74) is 6.46. The molecule has 1 aliphatic rings. The number of nitrogens with two attached hydrogens (primary N) is 1. The average molecular weight is 600 g/mol. The summed E-state index contributed by atoms with van der Waals surface area (Å²) in [6, 6.07) is 28.8. The van der Waals surface area contributed by atoms with Crippen molar-refractivity contribution in [2.45, 2.75) is 36.1 Å². The molecule has 228 valence electrons. The van der Waals surface area contributed by atoms with Crippen molar-refractivity contribution in [1.29, 1.82) is 0 Å². The number of aromatic amines is 1. The van der Waals surface area contributed by atoms with Crippen molar-refractivity contribution < 1.29 is 28.8 Å². The number of nitrogen functional groups attached to an aromatic ring is 1. The summed E-state index contributed by atoms with van der Waals surface area (Å²) in [6.07, 6.45) is -0.939. The number of nitrogens with one attached hydrogen (secondary N) is 1. The molecule has 2 aromatic heterocycles. The number of aromatic nitrogens is 4. The number of imidazole rings is 1. The molecule has 44 heavy (non-hydrogen) atoms. The van der Waals surface area contributed by atoms with Gasteiger partial charge in [-0.25, -0.2) is 4.98 Å². The minimum Gasteiger partial charge on any atom is -0.387 e. The van der Waals surface area contributed by atoms with Gasteiger partial charge in [-0.05, 0) is 16.7 Å². The van der Waals surface area contributed by atoms with Crippen LogP contribution in [0.3, 0.4) is 0 Å². The number of fused-ring (bicyclic) bond motifs is 1. The van der Waals surface area contributed by atoms with Crippen molar-refractivity contribution >= 4 is 17.1 Å². The van der Waals surface area contributed by atoms with Crippen LogP contribution in [0.4, 0.5) is 5.95 Å². The Morgan fingerprint density at radius 3 is 1.93 bits per heavy atom. The van der Waals surface area contributed by atoms with E-state index >= 15 is 0 Å². The number of H-pyrrole nitrogens is 1. The normalized spacial score (nSPS) is 20.7. The van der Waals surface area contributed by atoms with Crippen LogP contribution in [0.25, 0.3) is 11.2 Å². The number of aliphatic hydroxyl groups excluding tert-OH is 1. The lowest BCUT2D eigenvalue weighted by atomic mass is 9.79. The number of nitrogens with zero attached hydrogens (tertiary/aromatic N) is 3. The molecule has 5 aromatic rings. The van der Waals surface area contributed by atoms with Gasteiger partial charge < -0.3 is 34.5 Å². The summed E-state index contributed by atoms with van der Waals surface area (Å²) >= 11 is 0. The molecule has 0 spiro atoms. The van der Waals surface area contributed by atoms with Gasteiger partial charge in [0.2, 0.25) is 5.95 Å². The van der Waals surface area contributed by atoms with E-state index in [0.29, 0.717) is 0 Å². The fourth-order valence-corrected chi connectivity index (χ4v) is 6.00. The van der Waals surface area contributed by atoms with E-state index in [4.69, 9.17) is 29.4 Å². The lowest BCUT2D eigenvalue weighted by Crippen LogP contribution is -2.67.